The van der Waals surface area contributed by atoms with Gasteiger partial charge < -0.3 is 10.6 Å². The van der Waals surface area contributed by atoms with Crippen LogP contribution in [-0.2, 0) is 19.4 Å². The van der Waals surface area contributed by atoms with E-state index >= 15 is 0 Å². The van der Waals surface area contributed by atoms with E-state index in [2.05, 4.69) is 35.3 Å². The van der Waals surface area contributed by atoms with E-state index in [1.807, 2.05) is 29.2 Å². The molecular formula is C18H18N4. The van der Waals surface area contributed by atoms with E-state index in [0.29, 0.717) is 12.5 Å². The Morgan fingerprint density at radius 3 is 2.55 bits per heavy atom. The van der Waals surface area contributed by atoms with Crippen LogP contribution in [0.3, 0.4) is 0 Å². The number of nitrogens with two attached hydrogens (primary N) is 1. The van der Waals surface area contributed by atoms with Gasteiger partial charge in [0.1, 0.15) is 0 Å². The van der Waals surface area contributed by atoms with Gasteiger partial charge in [-0.2, -0.15) is 5.26 Å². The van der Waals surface area contributed by atoms with E-state index < -0.39 is 0 Å². The molecule has 0 spiro atoms. The summed E-state index contributed by atoms with van der Waals surface area (Å²) >= 11 is 0. The molecule has 0 saturated carbocycles. The zero-order valence-corrected chi connectivity index (χ0v) is 12.3. The minimum atomic E-state index is 0.217. The van der Waals surface area contributed by atoms with Gasteiger partial charge in [-0.05, 0) is 29.5 Å². The molecule has 0 amide bonds. The van der Waals surface area contributed by atoms with Gasteiger partial charge in [0.25, 0.3) is 0 Å². The number of hydrogen-bond acceptors (Lipinski definition) is 2. The summed E-state index contributed by atoms with van der Waals surface area (Å²) < 4.78 is 0. The van der Waals surface area contributed by atoms with Crippen LogP contribution in [0.5, 0.6) is 0 Å². The maximum absolute atomic E-state index is 8.79. The van der Waals surface area contributed by atoms with Crippen molar-refractivity contribution in [2.45, 2.75) is 25.4 Å². The van der Waals surface area contributed by atoms with Crippen LogP contribution >= 0.6 is 0 Å². The lowest BCUT2D eigenvalue weighted by molar-refractivity contribution is 0.276. The molecule has 1 atom stereocenters. The summed E-state index contributed by atoms with van der Waals surface area (Å²) in [7, 11) is 0. The molecule has 0 aliphatic carbocycles. The highest BCUT2D eigenvalue weighted by Crippen LogP contribution is 2.25. The lowest BCUT2D eigenvalue weighted by Gasteiger charge is -2.37. The van der Waals surface area contributed by atoms with E-state index in [9.17, 15) is 0 Å². The lowest BCUT2D eigenvalue weighted by Crippen LogP contribution is -2.48. The predicted molar refractivity (Wildman–Crippen MR) is 86.9 cm³/mol. The average molecular weight is 290 g/mol. The van der Waals surface area contributed by atoms with E-state index in [-0.39, 0.29) is 6.04 Å². The molecule has 1 unspecified atom stereocenters. The van der Waals surface area contributed by atoms with Crippen molar-refractivity contribution in [2.24, 2.45) is 10.7 Å². The van der Waals surface area contributed by atoms with Crippen molar-refractivity contribution in [3.05, 3.63) is 71.3 Å². The van der Waals surface area contributed by atoms with E-state index in [4.69, 9.17) is 11.0 Å². The van der Waals surface area contributed by atoms with Crippen molar-refractivity contribution in [3.63, 3.8) is 0 Å². The average Bonchev–Trinajstić information content (AvgIpc) is 2.55. The van der Waals surface area contributed by atoms with Crippen LogP contribution in [0.1, 0.15) is 16.7 Å². The first-order chi connectivity index (χ1) is 10.8. The topological polar surface area (TPSA) is 65.4 Å². The number of benzene rings is 2. The Morgan fingerprint density at radius 1 is 1.14 bits per heavy atom. The fourth-order valence-corrected chi connectivity index (χ4v) is 3.04. The normalized spacial score (nSPS) is 17.7. The molecule has 2 aromatic carbocycles. The number of rotatable bonds is 2. The number of aliphatic imine (C=N–C) groups is 1. The standard InChI is InChI=1S/C18H18N4/c19-13-21-18(20)22-12-16-9-5-4-8-15(16)11-17(22)10-14-6-2-1-3-7-14/h1-9,17H,10-12H2,(H2,20,21). The second kappa shape index (κ2) is 6.31. The maximum Gasteiger partial charge on any atom is 0.209 e. The van der Waals surface area contributed by atoms with Crippen molar-refractivity contribution in [2.75, 3.05) is 0 Å². The van der Waals surface area contributed by atoms with Gasteiger partial charge in [0.15, 0.2) is 0 Å². The predicted octanol–water partition coefficient (Wildman–Crippen LogP) is 2.45. The van der Waals surface area contributed by atoms with E-state index in [1.54, 1.807) is 6.19 Å². The van der Waals surface area contributed by atoms with Crippen LogP contribution in [-0.4, -0.2) is 16.9 Å². The minimum absolute atomic E-state index is 0.217. The SMILES string of the molecule is N#CN=C(N)N1Cc2ccccc2CC1Cc1ccccc1. The Bertz CT molecular complexity index is 715. The van der Waals surface area contributed by atoms with Gasteiger partial charge in [0.2, 0.25) is 12.2 Å². The molecule has 2 aromatic rings. The fourth-order valence-electron chi connectivity index (χ4n) is 3.04. The Morgan fingerprint density at radius 2 is 1.82 bits per heavy atom. The lowest BCUT2D eigenvalue weighted by atomic mass is 9.90. The second-order valence-corrected chi connectivity index (χ2v) is 5.51. The van der Waals surface area contributed by atoms with Crippen LogP contribution in [0.4, 0.5) is 0 Å². The van der Waals surface area contributed by atoms with Crippen molar-refractivity contribution in [1.29, 1.82) is 5.26 Å². The zero-order chi connectivity index (χ0) is 15.4. The molecule has 4 heteroatoms. The molecule has 1 aliphatic rings. The van der Waals surface area contributed by atoms with Crippen LogP contribution in [0.2, 0.25) is 0 Å². The van der Waals surface area contributed by atoms with Crippen molar-refractivity contribution < 1.29 is 0 Å². The highest BCUT2D eigenvalue weighted by molar-refractivity contribution is 5.79. The molecule has 110 valence electrons. The van der Waals surface area contributed by atoms with Crippen molar-refractivity contribution in [1.82, 2.24) is 4.90 Å². The van der Waals surface area contributed by atoms with E-state index in [1.165, 1.54) is 16.7 Å². The number of guanidine groups is 1. The van der Waals surface area contributed by atoms with Gasteiger partial charge in [0.05, 0.1) is 0 Å². The van der Waals surface area contributed by atoms with Crippen LogP contribution in [0.15, 0.2) is 59.6 Å². The van der Waals surface area contributed by atoms with Gasteiger partial charge in [-0.15, -0.1) is 4.99 Å². The summed E-state index contributed by atoms with van der Waals surface area (Å²) in [6, 6.07) is 19.0. The summed E-state index contributed by atoms with van der Waals surface area (Å²) in [5.74, 6) is 0.304. The number of nitriles is 1. The number of hydrogen-bond donors (Lipinski definition) is 1. The Kier molecular flexibility index (Phi) is 4.06. The summed E-state index contributed by atoms with van der Waals surface area (Å²) in [6.07, 6.45) is 3.59. The molecular weight excluding hydrogens is 272 g/mol. The highest BCUT2D eigenvalue weighted by Gasteiger charge is 2.27. The molecule has 1 heterocycles. The van der Waals surface area contributed by atoms with Gasteiger partial charge in [0, 0.05) is 12.6 Å². The molecule has 1 aliphatic heterocycles. The maximum atomic E-state index is 8.79. The summed E-state index contributed by atoms with van der Waals surface area (Å²) in [5.41, 5.74) is 9.88. The molecule has 22 heavy (non-hydrogen) atoms. The minimum Gasteiger partial charge on any atom is -0.369 e. The largest absolute Gasteiger partial charge is 0.369 e. The Balaban J connectivity index is 1.91. The molecule has 2 N–H and O–H groups in total. The summed E-state index contributed by atoms with van der Waals surface area (Å²) in [4.78, 5) is 5.78. The molecule has 0 bridgehead atoms. The molecule has 4 nitrogen and oxygen atoms in total. The third-order valence-corrected chi connectivity index (χ3v) is 4.13. The zero-order valence-electron chi connectivity index (χ0n) is 12.3. The first kappa shape index (κ1) is 14.2. The third kappa shape index (κ3) is 2.94. The molecule has 0 aromatic heterocycles. The van der Waals surface area contributed by atoms with Gasteiger partial charge in [-0.3, -0.25) is 0 Å². The smallest absolute Gasteiger partial charge is 0.209 e. The van der Waals surface area contributed by atoms with Crippen LogP contribution < -0.4 is 5.73 Å². The van der Waals surface area contributed by atoms with E-state index in [0.717, 1.165) is 12.8 Å². The quantitative estimate of drug-likeness (QED) is 0.525. The Labute approximate surface area is 130 Å². The van der Waals surface area contributed by atoms with Crippen molar-refractivity contribution >= 4 is 5.96 Å². The summed E-state index contributed by atoms with van der Waals surface area (Å²) in [5, 5.41) is 8.79. The highest BCUT2D eigenvalue weighted by atomic mass is 15.3. The Hall–Kier alpha value is -2.80. The molecule has 0 fully saturated rings. The first-order valence-electron chi connectivity index (χ1n) is 7.37. The fraction of sp³-hybridized carbons (Fsp3) is 0.222. The van der Waals surface area contributed by atoms with Crippen LogP contribution in [0, 0.1) is 11.5 Å². The van der Waals surface area contributed by atoms with Gasteiger partial charge >= 0.3 is 0 Å². The molecule has 3 rings (SSSR count). The van der Waals surface area contributed by atoms with Gasteiger partial charge in [-0.25, -0.2) is 0 Å². The number of fused-ring (bicyclic) bond motifs is 1. The van der Waals surface area contributed by atoms with Crippen LogP contribution in [0.25, 0.3) is 0 Å². The third-order valence-electron chi connectivity index (χ3n) is 4.13. The second-order valence-electron chi connectivity index (χ2n) is 5.51. The van der Waals surface area contributed by atoms with Crippen molar-refractivity contribution in [3.8, 4) is 6.19 Å². The first-order valence-corrected chi connectivity index (χ1v) is 7.37. The monoisotopic (exact) mass is 290 g/mol. The summed E-state index contributed by atoms with van der Waals surface area (Å²) in [6.45, 7) is 0.699. The molecule has 0 radical (unpaired) electrons. The van der Waals surface area contributed by atoms with Gasteiger partial charge in [-0.1, -0.05) is 54.6 Å². The number of nitrogens with zero attached hydrogens (tertiary/aromatic N) is 3. The molecule has 0 saturated heterocycles.